The summed E-state index contributed by atoms with van der Waals surface area (Å²) in [6, 6.07) is 3.88. The average molecular weight is 350 g/mol. The lowest BCUT2D eigenvalue weighted by Gasteiger charge is -2.20. The molecule has 0 saturated carbocycles. The summed E-state index contributed by atoms with van der Waals surface area (Å²) in [5, 5.41) is 12.9. The van der Waals surface area contributed by atoms with Crippen LogP contribution >= 0.6 is 0 Å². The molecular formula is C16H18N10. The lowest BCUT2D eigenvalue weighted by atomic mass is 10.2. The van der Waals surface area contributed by atoms with E-state index in [0.29, 0.717) is 23.9 Å². The van der Waals surface area contributed by atoms with E-state index in [1.54, 1.807) is 33.6 Å². The summed E-state index contributed by atoms with van der Waals surface area (Å²) in [6.45, 7) is 0.448. The van der Waals surface area contributed by atoms with Crippen molar-refractivity contribution in [2.24, 2.45) is 12.9 Å². The second kappa shape index (κ2) is 6.41. The van der Waals surface area contributed by atoms with Crippen LogP contribution in [0.5, 0.6) is 0 Å². The Balaban J connectivity index is 1.65. The van der Waals surface area contributed by atoms with Crippen molar-refractivity contribution in [3.63, 3.8) is 0 Å². The molecule has 0 radical (unpaired) electrons. The van der Waals surface area contributed by atoms with Crippen LogP contribution in [-0.4, -0.2) is 41.4 Å². The molecule has 0 aliphatic carbocycles. The van der Waals surface area contributed by atoms with Crippen LogP contribution in [0.3, 0.4) is 0 Å². The molecule has 0 aliphatic heterocycles. The molecule has 4 aromatic heterocycles. The van der Waals surface area contributed by atoms with Crippen LogP contribution in [-0.2, 0) is 13.6 Å². The van der Waals surface area contributed by atoms with E-state index in [4.69, 9.17) is 5.84 Å². The molecule has 26 heavy (non-hydrogen) atoms. The van der Waals surface area contributed by atoms with Crippen molar-refractivity contribution < 1.29 is 0 Å². The minimum absolute atomic E-state index is 0.448. The fourth-order valence-corrected chi connectivity index (χ4v) is 2.68. The first-order chi connectivity index (χ1) is 12.6. The highest BCUT2D eigenvalue weighted by atomic mass is 15.4. The second-order valence-electron chi connectivity index (χ2n) is 5.81. The largest absolute Gasteiger partial charge is 0.370 e. The Morgan fingerprint density at radius 2 is 2.12 bits per heavy atom. The monoisotopic (exact) mass is 350 g/mol. The first kappa shape index (κ1) is 16.0. The number of nitrogens with two attached hydrogens (primary N) is 1. The normalized spacial score (nSPS) is 11.0. The third-order valence-corrected chi connectivity index (χ3v) is 3.96. The van der Waals surface area contributed by atoms with Crippen LogP contribution in [0.15, 0.2) is 43.2 Å². The van der Waals surface area contributed by atoms with E-state index in [2.05, 4.69) is 30.5 Å². The minimum Gasteiger partial charge on any atom is -0.370 e. The molecule has 0 aromatic carbocycles. The van der Waals surface area contributed by atoms with Crippen molar-refractivity contribution in [1.29, 1.82) is 0 Å². The summed E-state index contributed by atoms with van der Waals surface area (Å²) >= 11 is 0. The van der Waals surface area contributed by atoms with Crippen molar-refractivity contribution in [1.82, 2.24) is 34.3 Å². The van der Waals surface area contributed by atoms with Gasteiger partial charge < -0.3 is 5.32 Å². The zero-order valence-corrected chi connectivity index (χ0v) is 14.4. The Morgan fingerprint density at radius 3 is 2.88 bits per heavy atom. The van der Waals surface area contributed by atoms with Gasteiger partial charge in [0, 0.05) is 32.1 Å². The number of pyridine rings is 1. The van der Waals surface area contributed by atoms with Gasteiger partial charge in [-0.2, -0.15) is 10.2 Å². The first-order valence-corrected chi connectivity index (χ1v) is 7.98. The highest BCUT2D eigenvalue weighted by Crippen LogP contribution is 2.25. The number of aromatic nitrogens is 7. The van der Waals surface area contributed by atoms with Crippen LogP contribution in [0.25, 0.3) is 16.9 Å². The number of hydrogen-bond donors (Lipinski definition) is 2. The van der Waals surface area contributed by atoms with Gasteiger partial charge in [0.1, 0.15) is 6.33 Å². The molecule has 3 N–H and O–H groups in total. The smallest absolute Gasteiger partial charge is 0.186 e. The number of rotatable bonds is 5. The van der Waals surface area contributed by atoms with E-state index in [0.717, 1.165) is 16.8 Å². The summed E-state index contributed by atoms with van der Waals surface area (Å²) in [5.74, 6) is 7.45. The molecule has 0 atom stereocenters. The topological polar surface area (TPSA) is 115 Å². The summed E-state index contributed by atoms with van der Waals surface area (Å²) in [6.07, 6.45) is 8.69. The zero-order valence-electron chi connectivity index (χ0n) is 14.4. The number of aryl methyl sites for hydroxylation is 1. The van der Waals surface area contributed by atoms with E-state index in [1.807, 2.05) is 31.6 Å². The van der Waals surface area contributed by atoms with E-state index in [9.17, 15) is 0 Å². The van der Waals surface area contributed by atoms with Gasteiger partial charge in [-0.05, 0) is 17.7 Å². The van der Waals surface area contributed by atoms with Gasteiger partial charge in [-0.3, -0.25) is 9.69 Å². The first-order valence-electron chi connectivity index (χ1n) is 7.98. The predicted octanol–water partition coefficient (Wildman–Crippen LogP) is 0.842. The third-order valence-electron chi connectivity index (χ3n) is 3.96. The number of nitrogens with one attached hydrogen (secondary N) is 1. The minimum atomic E-state index is 0.448. The van der Waals surface area contributed by atoms with Gasteiger partial charge in [0.2, 0.25) is 0 Å². The molecule has 0 amide bonds. The van der Waals surface area contributed by atoms with Crippen LogP contribution in [0.1, 0.15) is 5.56 Å². The Morgan fingerprint density at radius 1 is 1.23 bits per heavy atom. The molecule has 0 bridgehead atoms. The van der Waals surface area contributed by atoms with Crippen molar-refractivity contribution >= 4 is 17.3 Å². The summed E-state index contributed by atoms with van der Waals surface area (Å²) in [4.78, 5) is 13.3. The van der Waals surface area contributed by atoms with E-state index < -0.39 is 0 Å². The molecule has 0 saturated heterocycles. The zero-order chi connectivity index (χ0) is 18.1. The number of hydrogen-bond acceptors (Lipinski definition) is 8. The van der Waals surface area contributed by atoms with E-state index >= 15 is 0 Å². The highest BCUT2D eigenvalue weighted by Gasteiger charge is 2.14. The molecule has 4 rings (SSSR count). The Hall–Kier alpha value is -3.53. The van der Waals surface area contributed by atoms with Crippen molar-refractivity contribution in [2.75, 3.05) is 17.4 Å². The lowest BCUT2D eigenvalue weighted by Crippen LogP contribution is -2.32. The molecule has 132 valence electrons. The fourth-order valence-electron chi connectivity index (χ4n) is 2.68. The highest BCUT2D eigenvalue weighted by molar-refractivity contribution is 5.66. The molecule has 0 fully saturated rings. The lowest BCUT2D eigenvalue weighted by molar-refractivity contribution is 0.768. The molecule has 0 aliphatic rings. The van der Waals surface area contributed by atoms with Crippen LogP contribution in [0.2, 0.25) is 0 Å². The second-order valence-corrected chi connectivity index (χ2v) is 5.81. The summed E-state index contributed by atoms with van der Waals surface area (Å²) in [5.41, 5.74) is 3.33. The molecule has 4 aromatic rings. The fraction of sp³-hybridized carbons (Fsp3) is 0.188. The van der Waals surface area contributed by atoms with Gasteiger partial charge in [-0.25, -0.2) is 25.3 Å². The molecule has 0 unspecified atom stereocenters. The van der Waals surface area contributed by atoms with Crippen LogP contribution in [0.4, 0.5) is 11.6 Å². The number of anilines is 2. The maximum absolute atomic E-state index is 6.30. The number of fused-ring (bicyclic) bond motifs is 1. The van der Waals surface area contributed by atoms with Gasteiger partial charge in [-0.1, -0.05) is 0 Å². The maximum Gasteiger partial charge on any atom is 0.186 e. The van der Waals surface area contributed by atoms with Gasteiger partial charge >= 0.3 is 0 Å². The van der Waals surface area contributed by atoms with Crippen molar-refractivity contribution in [3.05, 3.63) is 48.8 Å². The molecule has 10 nitrogen and oxygen atoms in total. The Labute approximate surface area is 149 Å². The van der Waals surface area contributed by atoms with E-state index in [1.165, 1.54) is 6.33 Å². The van der Waals surface area contributed by atoms with Gasteiger partial charge in [0.05, 0.1) is 24.6 Å². The van der Waals surface area contributed by atoms with Gasteiger partial charge in [0.15, 0.2) is 17.3 Å². The summed E-state index contributed by atoms with van der Waals surface area (Å²) < 4.78 is 3.42. The van der Waals surface area contributed by atoms with Crippen LogP contribution < -0.4 is 16.2 Å². The quantitative estimate of drug-likeness (QED) is 0.402. The SMILES string of the molecule is CNc1ncc(-c2cnn(C)c2)nc1N(N)Cc1ccn2ncnc2c1. The third kappa shape index (κ3) is 2.93. The number of nitrogens with zero attached hydrogens (tertiary/aromatic N) is 8. The van der Waals surface area contributed by atoms with Crippen molar-refractivity contribution in [2.45, 2.75) is 6.54 Å². The van der Waals surface area contributed by atoms with Crippen molar-refractivity contribution in [3.8, 4) is 11.3 Å². The molecule has 0 spiro atoms. The maximum atomic E-state index is 6.30. The Kier molecular flexibility index (Phi) is 3.93. The van der Waals surface area contributed by atoms with E-state index in [-0.39, 0.29) is 0 Å². The van der Waals surface area contributed by atoms with Gasteiger partial charge in [0.25, 0.3) is 0 Å². The number of hydrazine groups is 1. The van der Waals surface area contributed by atoms with Crippen LogP contribution in [0, 0.1) is 0 Å². The standard InChI is InChI=1S/C16H18N10/c1-18-15-16(23-13(7-19-15)12-6-21-24(2)9-12)25(17)8-11-3-4-26-14(5-11)20-10-22-26/h3-7,9-10H,8,17H2,1-2H3,(H,18,19). The summed E-state index contributed by atoms with van der Waals surface area (Å²) in [7, 11) is 3.64. The molecule has 10 heteroatoms. The predicted molar refractivity (Wildman–Crippen MR) is 97.1 cm³/mol. The molecule has 4 heterocycles. The molecular weight excluding hydrogens is 332 g/mol. The average Bonchev–Trinajstić information content (AvgIpc) is 3.29. The van der Waals surface area contributed by atoms with Gasteiger partial charge in [-0.15, -0.1) is 0 Å². The Bertz CT molecular complexity index is 1050.